The zero-order valence-electron chi connectivity index (χ0n) is 10.8. The Morgan fingerprint density at radius 2 is 2.15 bits per heavy atom. The second-order valence-electron chi connectivity index (χ2n) is 4.76. The number of aliphatic hydroxyl groups is 1. The topological polar surface area (TPSA) is 89.9 Å². The number of hydrogen-bond donors (Lipinski definition) is 3. The number of nitrogens with zero attached hydrogens (tertiary/aromatic N) is 1. The van der Waals surface area contributed by atoms with Crippen molar-refractivity contribution in [2.45, 2.75) is 25.5 Å². The Balaban J connectivity index is 2.18. The van der Waals surface area contributed by atoms with Crippen molar-refractivity contribution in [2.24, 2.45) is 0 Å². The first-order valence-corrected chi connectivity index (χ1v) is 6.13. The molecular formula is C13H15FN2O4. The second kappa shape index (κ2) is 5.46. The van der Waals surface area contributed by atoms with Crippen LogP contribution in [0, 0.1) is 12.7 Å². The van der Waals surface area contributed by atoms with Gasteiger partial charge < -0.3 is 20.4 Å². The van der Waals surface area contributed by atoms with Crippen LogP contribution in [0.15, 0.2) is 18.2 Å². The van der Waals surface area contributed by atoms with Crippen LogP contribution in [0.1, 0.15) is 12.0 Å². The minimum absolute atomic E-state index is 0.0167. The van der Waals surface area contributed by atoms with Crippen LogP contribution < -0.4 is 5.32 Å². The number of β-amino-alcohol motifs (C(OH)–C–C–N with tert-alkyl or cyclic N) is 1. The second-order valence-corrected chi connectivity index (χ2v) is 4.76. The minimum Gasteiger partial charge on any atom is -0.480 e. The molecule has 0 bridgehead atoms. The number of benzene rings is 1. The fourth-order valence-corrected chi connectivity index (χ4v) is 2.24. The quantitative estimate of drug-likeness (QED) is 0.760. The van der Waals surface area contributed by atoms with Crippen molar-refractivity contribution in [2.75, 3.05) is 11.9 Å². The van der Waals surface area contributed by atoms with Gasteiger partial charge in [0.15, 0.2) is 0 Å². The molecule has 1 saturated heterocycles. The number of urea groups is 1. The third-order valence-electron chi connectivity index (χ3n) is 3.28. The summed E-state index contributed by atoms with van der Waals surface area (Å²) in [6, 6.07) is 2.52. The van der Waals surface area contributed by atoms with E-state index in [4.69, 9.17) is 5.11 Å². The molecule has 2 atom stereocenters. The summed E-state index contributed by atoms with van der Waals surface area (Å²) in [5.41, 5.74) is 0.549. The van der Waals surface area contributed by atoms with Gasteiger partial charge in [0.2, 0.25) is 0 Å². The maximum Gasteiger partial charge on any atom is 0.326 e. The molecule has 20 heavy (non-hydrogen) atoms. The Hall–Kier alpha value is -2.15. The summed E-state index contributed by atoms with van der Waals surface area (Å²) in [6.07, 6.45) is -0.914. The van der Waals surface area contributed by atoms with Gasteiger partial charge in [-0.05, 0) is 18.6 Å². The highest BCUT2D eigenvalue weighted by atomic mass is 19.1. The fourth-order valence-electron chi connectivity index (χ4n) is 2.24. The SMILES string of the molecule is Cc1cccc(F)c1NC(=O)N1C[C@H](O)C[C@@H]1C(=O)O. The smallest absolute Gasteiger partial charge is 0.326 e. The van der Waals surface area contributed by atoms with Crippen molar-refractivity contribution < 1.29 is 24.2 Å². The summed E-state index contributed by atoms with van der Waals surface area (Å²) >= 11 is 0. The van der Waals surface area contributed by atoms with Gasteiger partial charge in [0.25, 0.3) is 0 Å². The molecular weight excluding hydrogens is 267 g/mol. The molecule has 0 spiro atoms. The van der Waals surface area contributed by atoms with Gasteiger partial charge in [-0.2, -0.15) is 0 Å². The molecule has 1 fully saturated rings. The lowest BCUT2D eigenvalue weighted by atomic mass is 10.2. The molecule has 1 aromatic carbocycles. The van der Waals surface area contributed by atoms with E-state index in [-0.39, 0.29) is 18.7 Å². The number of nitrogens with one attached hydrogen (secondary N) is 1. The van der Waals surface area contributed by atoms with Crippen LogP contribution in [-0.4, -0.2) is 45.8 Å². The van der Waals surface area contributed by atoms with E-state index in [1.807, 2.05) is 0 Å². The van der Waals surface area contributed by atoms with Crippen molar-refractivity contribution in [3.8, 4) is 0 Å². The Kier molecular flexibility index (Phi) is 3.89. The van der Waals surface area contributed by atoms with Gasteiger partial charge in [0.1, 0.15) is 11.9 Å². The Morgan fingerprint density at radius 3 is 2.75 bits per heavy atom. The molecule has 7 heteroatoms. The monoisotopic (exact) mass is 282 g/mol. The number of hydrogen-bond acceptors (Lipinski definition) is 3. The van der Waals surface area contributed by atoms with Crippen LogP contribution in [0.3, 0.4) is 0 Å². The number of carboxylic acid groups (broad SMARTS) is 1. The van der Waals surface area contributed by atoms with Crippen molar-refractivity contribution in [3.63, 3.8) is 0 Å². The molecule has 1 heterocycles. The number of rotatable bonds is 2. The van der Waals surface area contributed by atoms with E-state index in [1.165, 1.54) is 12.1 Å². The van der Waals surface area contributed by atoms with Crippen molar-refractivity contribution in [1.82, 2.24) is 4.90 Å². The molecule has 0 aromatic heterocycles. The molecule has 3 N–H and O–H groups in total. The van der Waals surface area contributed by atoms with Gasteiger partial charge in [-0.25, -0.2) is 14.0 Å². The maximum atomic E-state index is 13.6. The summed E-state index contributed by atoms with van der Waals surface area (Å²) in [5.74, 6) is -1.79. The highest BCUT2D eigenvalue weighted by molar-refractivity contribution is 5.93. The number of amides is 2. The van der Waals surface area contributed by atoms with Crippen LogP contribution >= 0.6 is 0 Å². The molecule has 2 amide bonds. The van der Waals surface area contributed by atoms with Crippen molar-refractivity contribution in [3.05, 3.63) is 29.6 Å². The third-order valence-corrected chi connectivity index (χ3v) is 3.28. The van der Waals surface area contributed by atoms with Crippen molar-refractivity contribution >= 4 is 17.7 Å². The van der Waals surface area contributed by atoms with E-state index in [1.54, 1.807) is 13.0 Å². The number of anilines is 1. The molecule has 1 aliphatic heterocycles. The van der Waals surface area contributed by atoms with Gasteiger partial charge in [-0.15, -0.1) is 0 Å². The molecule has 1 aromatic rings. The van der Waals surface area contributed by atoms with Crippen LogP contribution in [0.4, 0.5) is 14.9 Å². The van der Waals surface area contributed by atoms with Crippen molar-refractivity contribution in [1.29, 1.82) is 0 Å². The Morgan fingerprint density at radius 1 is 1.45 bits per heavy atom. The number of carbonyl (C=O) groups is 2. The lowest BCUT2D eigenvalue weighted by molar-refractivity contribution is -0.141. The minimum atomic E-state index is -1.19. The number of halogens is 1. The highest BCUT2D eigenvalue weighted by Crippen LogP contribution is 2.23. The molecule has 0 aliphatic carbocycles. The van der Waals surface area contributed by atoms with Crippen LogP contribution in [0.5, 0.6) is 0 Å². The standard InChI is InChI=1S/C13H15FN2O4/c1-7-3-2-4-9(14)11(7)15-13(20)16-6-8(17)5-10(16)12(18)19/h2-4,8,10,17H,5-6H2,1H3,(H,15,20)(H,18,19)/t8-,10-/m1/s1. The highest BCUT2D eigenvalue weighted by Gasteiger charge is 2.39. The Bertz CT molecular complexity index is 529. The molecule has 0 radical (unpaired) electrons. The van der Waals surface area contributed by atoms with E-state index in [2.05, 4.69) is 5.32 Å². The van der Waals surface area contributed by atoms with Gasteiger partial charge in [0.05, 0.1) is 11.8 Å². The molecule has 0 unspecified atom stereocenters. The zero-order chi connectivity index (χ0) is 14.9. The molecule has 2 rings (SSSR count). The summed E-state index contributed by atoms with van der Waals surface area (Å²) in [4.78, 5) is 24.1. The number of carboxylic acids is 1. The summed E-state index contributed by atoms with van der Waals surface area (Å²) < 4.78 is 13.6. The van der Waals surface area contributed by atoms with Crippen LogP contribution in [0.2, 0.25) is 0 Å². The number of aryl methyl sites for hydroxylation is 1. The number of aliphatic carboxylic acids is 1. The molecule has 0 saturated carbocycles. The molecule has 108 valence electrons. The van der Waals surface area contributed by atoms with E-state index >= 15 is 0 Å². The number of para-hydroxylation sites is 1. The van der Waals surface area contributed by atoms with E-state index in [0.717, 1.165) is 4.90 Å². The van der Waals surface area contributed by atoms with E-state index in [0.29, 0.717) is 5.56 Å². The zero-order valence-corrected chi connectivity index (χ0v) is 10.8. The summed E-state index contributed by atoms with van der Waals surface area (Å²) in [6.45, 7) is 1.54. The van der Waals surface area contributed by atoms with Gasteiger partial charge >= 0.3 is 12.0 Å². The average molecular weight is 282 g/mol. The maximum absolute atomic E-state index is 13.6. The van der Waals surface area contributed by atoms with E-state index in [9.17, 15) is 19.1 Å². The third kappa shape index (κ3) is 2.72. The number of likely N-dealkylation sites (tertiary alicyclic amines) is 1. The lowest BCUT2D eigenvalue weighted by Gasteiger charge is -2.22. The van der Waals surface area contributed by atoms with Crippen LogP contribution in [-0.2, 0) is 4.79 Å². The summed E-state index contributed by atoms with van der Waals surface area (Å²) in [5, 5.41) is 20.9. The van der Waals surface area contributed by atoms with Crippen LogP contribution in [0.25, 0.3) is 0 Å². The number of carbonyl (C=O) groups excluding carboxylic acids is 1. The largest absolute Gasteiger partial charge is 0.480 e. The van der Waals surface area contributed by atoms with Gasteiger partial charge in [0, 0.05) is 13.0 Å². The van der Waals surface area contributed by atoms with Gasteiger partial charge in [-0.1, -0.05) is 12.1 Å². The summed E-state index contributed by atoms with van der Waals surface area (Å²) in [7, 11) is 0. The first-order chi connectivity index (χ1) is 9.40. The molecule has 1 aliphatic rings. The lowest BCUT2D eigenvalue weighted by Crippen LogP contribution is -2.43. The first-order valence-electron chi connectivity index (χ1n) is 6.13. The van der Waals surface area contributed by atoms with E-state index < -0.39 is 30.0 Å². The predicted octanol–water partition coefficient (Wildman–Crippen LogP) is 1.19. The van der Waals surface area contributed by atoms with Gasteiger partial charge in [-0.3, -0.25) is 0 Å². The molecule has 6 nitrogen and oxygen atoms in total. The normalized spacial score (nSPS) is 21.9. The average Bonchev–Trinajstić information content (AvgIpc) is 2.76. The predicted molar refractivity (Wildman–Crippen MR) is 68.9 cm³/mol. The number of aliphatic hydroxyl groups excluding tert-OH is 1. The first kappa shape index (κ1) is 14.3. The fraction of sp³-hybridized carbons (Fsp3) is 0.385. The Labute approximate surface area is 114 Å².